The van der Waals surface area contributed by atoms with E-state index in [1.165, 1.54) is 0 Å². The molecule has 0 atom stereocenters. The van der Waals surface area contributed by atoms with Gasteiger partial charge in [-0.25, -0.2) is 0 Å². The number of aromatic hydroxyl groups is 1. The highest BCUT2D eigenvalue weighted by Crippen LogP contribution is 2.30. The van der Waals surface area contributed by atoms with Crippen LogP contribution in [0.4, 0.5) is 0 Å². The number of unbranched alkanes of at least 4 members (excludes halogenated alkanes) is 1. The number of aromatic nitrogens is 1. The Morgan fingerprint density at radius 3 is 2.68 bits per heavy atom. The fraction of sp³-hybridized carbons (Fsp3) is 0.500. The lowest BCUT2D eigenvalue weighted by molar-refractivity contribution is 0.101. The van der Waals surface area contributed by atoms with Crippen molar-refractivity contribution in [2.24, 2.45) is 4.99 Å². The molecule has 0 fully saturated rings. The minimum atomic E-state index is 0.0196. The molecule has 2 N–H and O–H groups in total. The smallest absolute Gasteiger partial charge is 0.198 e. The lowest BCUT2D eigenvalue weighted by atomic mass is 10.0. The summed E-state index contributed by atoms with van der Waals surface area (Å²) < 4.78 is 0. The zero-order valence-corrected chi connectivity index (χ0v) is 15.7. The molecule has 1 aromatic heterocycles. The maximum absolute atomic E-state index is 11.7. The predicted molar refractivity (Wildman–Crippen MR) is 104 cm³/mol. The molecule has 0 bridgehead atoms. The average molecular weight is 343 g/mol. The third-order valence-electron chi connectivity index (χ3n) is 4.28. The summed E-state index contributed by atoms with van der Waals surface area (Å²) in [6.45, 7) is 5.47. The van der Waals surface area contributed by atoms with E-state index in [1.54, 1.807) is 13.0 Å². The van der Waals surface area contributed by atoms with Gasteiger partial charge in [-0.15, -0.1) is 0 Å². The molecule has 2 aromatic rings. The second-order valence-corrected chi connectivity index (χ2v) is 6.75. The average Bonchev–Trinajstić information content (AvgIpc) is 2.88. The molecule has 0 saturated heterocycles. The van der Waals surface area contributed by atoms with Gasteiger partial charge in [0.25, 0.3) is 0 Å². The van der Waals surface area contributed by atoms with E-state index in [0.29, 0.717) is 5.56 Å². The highest BCUT2D eigenvalue weighted by atomic mass is 16.3. The van der Waals surface area contributed by atoms with Crippen LogP contribution < -0.4 is 0 Å². The quantitative estimate of drug-likeness (QED) is 0.411. The van der Waals surface area contributed by atoms with Gasteiger partial charge in [-0.05, 0) is 65.0 Å². The first-order valence-corrected chi connectivity index (χ1v) is 8.98. The summed E-state index contributed by atoms with van der Waals surface area (Å²) in [5, 5.41) is 11.3. The monoisotopic (exact) mass is 343 g/mol. The van der Waals surface area contributed by atoms with Gasteiger partial charge in [-0.1, -0.05) is 13.3 Å². The second-order valence-electron chi connectivity index (χ2n) is 6.75. The van der Waals surface area contributed by atoms with E-state index < -0.39 is 0 Å². The fourth-order valence-corrected chi connectivity index (χ4v) is 2.96. The Labute approximate surface area is 149 Å². The fourth-order valence-electron chi connectivity index (χ4n) is 2.96. The number of aliphatic imine (C=N–C) groups is 1. The summed E-state index contributed by atoms with van der Waals surface area (Å²) in [6, 6.07) is 5.47. The molecular formula is C20H29N3O2. The number of Topliss-reactive ketones (excluding diaryl/α,β-unsaturated/α-hetero) is 1. The molecule has 0 unspecified atom stereocenters. The molecule has 0 aliphatic carbocycles. The number of fused-ring (bicyclic) bond motifs is 1. The van der Waals surface area contributed by atoms with Crippen LogP contribution in [-0.4, -0.2) is 53.7 Å². The van der Waals surface area contributed by atoms with E-state index in [4.69, 9.17) is 4.99 Å². The molecule has 0 aliphatic heterocycles. The van der Waals surface area contributed by atoms with Crippen molar-refractivity contribution in [3.8, 4) is 5.88 Å². The molecule has 5 heteroatoms. The number of hydrogen-bond acceptors (Lipinski definition) is 4. The van der Waals surface area contributed by atoms with E-state index in [0.717, 1.165) is 61.0 Å². The molecule has 136 valence electrons. The topological polar surface area (TPSA) is 68.7 Å². The summed E-state index contributed by atoms with van der Waals surface area (Å²) in [5.74, 6) is 0.155. The Balaban J connectivity index is 2.31. The van der Waals surface area contributed by atoms with Crippen LogP contribution in [-0.2, 0) is 0 Å². The molecule has 0 spiro atoms. The van der Waals surface area contributed by atoms with Crippen molar-refractivity contribution in [2.45, 2.75) is 39.5 Å². The highest BCUT2D eigenvalue weighted by Gasteiger charge is 2.17. The molecule has 0 amide bonds. The molecule has 0 saturated carbocycles. The summed E-state index contributed by atoms with van der Waals surface area (Å²) in [4.78, 5) is 21.6. The van der Waals surface area contributed by atoms with Gasteiger partial charge in [0.05, 0.1) is 5.56 Å². The number of nitrogens with zero attached hydrogens (tertiary/aromatic N) is 2. The number of nitrogens with one attached hydrogen (secondary N) is 1. The predicted octanol–water partition coefficient (Wildman–Crippen LogP) is 4.01. The van der Waals surface area contributed by atoms with Crippen LogP contribution in [0.15, 0.2) is 23.2 Å². The second kappa shape index (κ2) is 8.81. The van der Waals surface area contributed by atoms with Gasteiger partial charge in [0, 0.05) is 28.7 Å². The van der Waals surface area contributed by atoms with Crippen LogP contribution in [0.5, 0.6) is 5.88 Å². The number of H-pyrrole nitrogens is 1. The third kappa shape index (κ3) is 4.92. The molecular weight excluding hydrogens is 314 g/mol. The maximum atomic E-state index is 11.7. The number of hydrogen-bond donors (Lipinski definition) is 2. The van der Waals surface area contributed by atoms with Crippen molar-refractivity contribution in [2.75, 3.05) is 27.2 Å². The van der Waals surface area contributed by atoms with Crippen LogP contribution in [0.2, 0.25) is 0 Å². The molecule has 1 heterocycles. The first-order valence-electron chi connectivity index (χ1n) is 8.98. The first-order chi connectivity index (χ1) is 11.9. The number of rotatable bonds is 9. The van der Waals surface area contributed by atoms with Gasteiger partial charge in [0.2, 0.25) is 0 Å². The Morgan fingerprint density at radius 1 is 1.28 bits per heavy atom. The largest absolute Gasteiger partial charge is 0.494 e. The zero-order chi connectivity index (χ0) is 18.4. The van der Waals surface area contributed by atoms with Crippen molar-refractivity contribution in [3.63, 3.8) is 0 Å². The summed E-state index contributed by atoms with van der Waals surface area (Å²) in [7, 11) is 4.14. The van der Waals surface area contributed by atoms with E-state index in [9.17, 15) is 9.90 Å². The SMILES string of the molecule is CCCC(=NCCCCN(C)C)c1c(O)[nH]c2ccc(C(C)=O)cc12. The minimum absolute atomic E-state index is 0.0196. The van der Waals surface area contributed by atoms with Crippen LogP contribution >= 0.6 is 0 Å². The highest BCUT2D eigenvalue weighted by molar-refractivity contribution is 6.14. The Kier molecular flexibility index (Phi) is 6.76. The molecule has 5 nitrogen and oxygen atoms in total. The first kappa shape index (κ1) is 19.2. The Hall–Kier alpha value is -2.14. The van der Waals surface area contributed by atoms with Gasteiger partial charge in [0.1, 0.15) is 0 Å². The number of benzene rings is 1. The van der Waals surface area contributed by atoms with Gasteiger partial charge >= 0.3 is 0 Å². The minimum Gasteiger partial charge on any atom is -0.494 e. The molecule has 1 aromatic carbocycles. The van der Waals surface area contributed by atoms with Crippen LogP contribution in [0.1, 0.15) is 55.5 Å². The molecule has 2 rings (SSSR count). The number of carbonyl (C=O) groups is 1. The van der Waals surface area contributed by atoms with Gasteiger partial charge in [-0.2, -0.15) is 0 Å². The third-order valence-corrected chi connectivity index (χ3v) is 4.28. The zero-order valence-electron chi connectivity index (χ0n) is 15.7. The number of carbonyl (C=O) groups excluding carboxylic acids is 1. The van der Waals surface area contributed by atoms with E-state index in [1.807, 2.05) is 12.1 Å². The van der Waals surface area contributed by atoms with Crippen molar-refractivity contribution < 1.29 is 9.90 Å². The Morgan fingerprint density at radius 2 is 2.04 bits per heavy atom. The van der Waals surface area contributed by atoms with Crippen LogP contribution in [0, 0.1) is 0 Å². The number of ketones is 1. The maximum Gasteiger partial charge on any atom is 0.198 e. The molecule has 0 aliphatic rings. The standard InChI is InChI=1S/C20H29N3O2/c1-5-8-18(21-11-6-7-12-23(3)4)19-16-13-15(14(2)24)9-10-17(16)22-20(19)25/h9-10,13,22,25H,5-8,11-12H2,1-4H3. The van der Waals surface area contributed by atoms with Gasteiger partial charge < -0.3 is 15.0 Å². The van der Waals surface area contributed by atoms with E-state index >= 15 is 0 Å². The lowest BCUT2D eigenvalue weighted by Gasteiger charge is -2.09. The van der Waals surface area contributed by atoms with E-state index in [-0.39, 0.29) is 11.7 Å². The Bertz CT molecular complexity index is 760. The number of aromatic amines is 1. The van der Waals surface area contributed by atoms with Gasteiger partial charge in [-0.3, -0.25) is 9.79 Å². The van der Waals surface area contributed by atoms with Crippen molar-refractivity contribution >= 4 is 22.4 Å². The van der Waals surface area contributed by atoms with Gasteiger partial charge in [0.15, 0.2) is 11.7 Å². The summed E-state index contributed by atoms with van der Waals surface area (Å²) in [6.07, 6.45) is 3.88. The molecule has 25 heavy (non-hydrogen) atoms. The van der Waals surface area contributed by atoms with E-state index in [2.05, 4.69) is 30.9 Å². The van der Waals surface area contributed by atoms with Crippen LogP contribution in [0.25, 0.3) is 10.9 Å². The summed E-state index contributed by atoms with van der Waals surface area (Å²) in [5.41, 5.74) is 3.13. The molecule has 0 radical (unpaired) electrons. The normalized spacial score (nSPS) is 12.3. The van der Waals surface area contributed by atoms with Crippen molar-refractivity contribution in [3.05, 3.63) is 29.3 Å². The van der Waals surface area contributed by atoms with Crippen LogP contribution in [0.3, 0.4) is 0 Å². The van der Waals surface area contributed by atoms with Crippen molar-refractivity contribution in [1.82, 2.24) is 9.88 Å². The summed E-state index contributed by atoms with van der Waals surface area (Å²) >= 11 is 0. The lowest BCUT2D eigenvalue weighted by Crippen LogP contribution is -2.13. The van der Waals surface area contributed by atoms with Crippen molar-refractivity contribution in [1.29, 1.82) is 0 Å².